The van der Waals surface area contributed by atoms with E-state index in [0.717, 1.165) is 51.3 Å². The molecule has 198 valence electrons. The van der Waals surface area contributed by atoms with Gasteiger partial charge in [0.25, 0.3) is 0 Å². The van der Waals surface area contributed by atoms with E-state index >= 15 is 0 Å². The fourth-order valence-electron chi connectivity index (χ4n) is 5.99. The Morgan fingerprint density at radius 2 is 1.56 bits per heavy atom. The van der Waals surface area contributed by atoms with Gasteiger partial charge >= 0.3 is 0 Å². The van der Waals surface area contributed by atoms with Gasteiger partial charge in [-0.1, -0.05) is 48.5 Å². The van der Waals surface area contributed by atoms with Crippen LogP contribution in [0.15, 0.2) is 102 Å². The molecule has 0 bridgehead atoms. The van der Waals surface area contributed by atoms with E-state index in [-0.39, 0.29) is 11.6 Å². The first kappa shape index (κ1) is 25.3. The Balaban J connectivity index is 1.63. The summed E-state index contributed by atoms with van der Waals surface area (Å²) in [5.41, 5.74) is 6.01. The third-order valence-corrected chi connectivity index (χ3v) is 7.55. The average molecular weight is 518 g/mol. The Bertz CT molecular complexity index is 1660. The van der Waals surface area contributed by atoms with Crippen LogP contribution in [0.5, 0.6) is 0 Å². The van der Waals surface area contributed by atoms with Crippen LogP contribution in [0.2, 0.25) is 0 Å². The molecule has 1 saturated heterocycles. The Labute approximate surface area is 229 Å². The molecule has 3 N–H and O–H groups in total. The highest BCUT2D eigenvalue weighted by Crippen LogP contribution is 2.33. The van der Waals surface area contributed by atoms with E-state index in [1.54, 1.807) is 0 Å². The number of aromatic nitrogens is 2. The molecular formula is C33H35N5O. The van der Waals surface area contributed by atoms with Gasteiger partial charge in [-0.25, -0.2) is 4.98 Å². The van der Waals surface area contributed by atoms with E-state index < -0.39 is 11.6 Å². The van der Waals surface area contributed by atoms with Gasteiger partial charge in [0.1, 0.15) is 0 Å². The number of anilines is 2. The summed E-state index contributed by atoms with van der Waals surface area (Å²) in [5.74, 6) is 0. The predicted octanol–water partition coefficient (Wildman–Crippen LogP) is 6.05. The summed E-state index contributed by atoms with van der Waals surface area (Å²) in [6, 6.07) is 32.6. The number of benzene rings is 4. The lowest BCUT2D eigenvalue weighted by Crippen LogP contribution is -2.67. The molecule has 6 rings (SSSR count). The lowest BCUT2D eigenvalue weighted by atomic mass is 9.77. The number of aliphatic hydroxyl groups excluding tert-OH is 1. The third kappa shape index (κ3) is 4.93. The van der Waals surface area contributed by atoms with Crippen LogP contribution in [0.25, 0.3) is 28.1 Å². The largest absolute Gasteiger partial charge is 0.389 e. The van der Waals surface area contributed by atoms with E-state index in [4.69, 9.17) is 9.98 Å². The number of nitrogens with one attached hydrogen (secondary N) is 2. The molecule has 2 aliphatic heterocycles. The SMILES string of the molecule is CC1(C)CC(N=c2cc3n(-c4ccccc4)c4ccccc4nc-3cc2Nc2ccccc2)C(O)C(C)(C)N1. The Morgan fingerprint density at radius 3 is 2.31 bits per heavy atom. The van der Waals surface area contributed by atoms with Gasteiger partial charge in [0.15, 0.2) is 0 Å². The summed E-state index contributed by atoms with van der Waals surface area (Å²) >= 11 is 0. The molecule has 0 amide bonds. The minimum Gasteiger partial charge on any atom is -0.389 e. The topological polar surface area (TPSA) is 74.5 Å². The van der Waals surface area contributed by atoms with Gasteiger partial charge in [0, 0.05) is 22.5 Å². The van der Waals surface area contributed by atoms with Gasteiger partial charge in [-0.05, 0) is 82.6 Å². The Morgan fingerprint density at radius 1 is 0.897 bits per heavy atom. The molecule has 1 aliphatic carbocycles. The summed E-state index contributed by atoms with van der Waals surface area (Å²) in [6.07, 6.45) is 0.0801. The van der Waals surface area contributed by atoms with E-state index in [9.17, 15) is 5.11 Å². The Kier molecular flexibility index (Phi) is 6.25. The summed E-state index contributed by atoms with van der Waals surface area (Å²) in [4.78, 5) is 10.3. The highest BCUT2D eigenvalue weighted by molar-refractivity contribution is 5.84. The second-order valence-electron chi connectivity index (χ2n) is 11.7. The number of fused-ring (bicyclic) bond motifs is 2. The first-order valence-corrected chi connectivity index (χ1v) is 13.5. The number of nitrogens with zero attached hydrogens (tertiary/aromatic N) is 3. The van der Waals surface area contributed by atoms with Crippen molar-refractivity contribution in [2.75, 3.05) is 5.32 Å². The summed E-state index contributed by atoms with van der Waals surface area (Å²) < 4.78 is 2.25. The Hall–Kier alpha value is -4.00. The van der Waals surface area contributed by atoms with Crippen LogP contribution in [-0.2, 0) is 0 Å². The van der Waals surface area contributed by atoms with Crippen molar-refractivity contribution in [2.24, 2.45) is 4.99 Å². The third-order valence-electron chi connectivity index (χ3n) is 7.55. The highest BCUT2D eigenvalue weighted by atomic mass is 16.3. The van der Waals surface area contributed by atoms with Gasteiger partial charge in [-0.3, -0.25) is 4.99 Å². The molecule has 6 heteroatoms. The minimum absolute atomic E-state index is 0.164. The van der Waals surface area contributed by atoms with Crippen molar-refractivity contribution in [1.29, 1.82) is 0 Å². The van der Waals surface area contributed by atoms with Crippen LogP contribution in [0, 0.1) is 0 Å². The van der Waals surface area contributed by atoms with Crippen LogP contribution >= 0.6 is 0 Å². The molecule has 0 aromatic heterocycles. The summed E-state index contributed by atoms with van der Waals surface area (Å²) in [6.45, 7) is 8.44. The number of rotatable bonds is 4. The van der Waals surface area contributed by atoms with Crippen molar-refractivity contribution in [3.05, 3.63) is 102 Å². The first-order valence-electron chi connectivity index (χ1n) is 13.5. The van der Waals surface area contributed by atoms with Crippen LogP contribution < -0.4 is 16.0 Å². The second-order valence-corrected chi connectivity index (χ2v) is 11.7. The number of aliphatic hydroxyl groups is 1. The van der Waals surface area contributed by atoms with Gasteiger partial charge in [0.2, 0.25) is 0 Å². The quantitative estimate of drug-likeness (QED) is 0.254. The number of piperidine rings is 1. The summed E-state index contributed by atoms with van der Waals surface area (Å²) in [7, 11) is 0. The van der Waals surface area contributed by atoms with E-state index in [1.807, 2.05) is 68.4 Å². The molecule has 0 spiro atoms. The molecule has 2 unspecified atom stereocenters. The normalized spacial score (nSPS) is 20.8. The molecular weight excluding hydrogens is 482 g/mol. The lowest BCUT2D eigenvalue weighted by Gasteiger charge is -2.48. The van der Waals surface area contributed by atoms with Crippen molar-refractivity contribution in [3.8, 4) is 17.1 Å². The van der Waals surface area contributed by atoms with Gasteiger partial charge < -0.3 is 20.3 Å². The molecule has 2 atom stereocenters. The zero-order valence-electron chi connectivity index (χ0n) is 22.9. The number of para-hydroxylation sites is 4. The molecule has 2 heterocycles. The van der Waals surface area contributed by atoms with E-state index in [0.29, 0.717) is 0 Å². The van der Waals surface area contributed by atoms with Crippen LogP contribution in [0.4, 0.5) is 11.4 Å². The second kappa shape index (κ2) is 9.63. The average Bonchev–Trinajstić information content (AvgIpc) is 2.91. The van der Waals surface area contributed by atoms with Crippen LogP contribution in [0.3, 0.4) is 0 Å². The monoisotopic (exact) mass is 517 g/mol. The highest BCUT2D eigenvalue weighted by Gasteiger charge is 2.44. The number of hydrogen-bond acceptors (Lipinski definition) is 5. The molecule has 0 saturated carbocycles. The van der Waals surface area contributed by atoms with Crippen molar-refractivity contribution < 1.29 is 5.11 Å². The molecule has 0 radical (unpaired) electrons. The van der Waals surface area contributed by atoms with Crippen LogP contribution in [-0.4, -0.2) is 37.9 Å². The molecule has 3 aliphatic rings. The van der Waals surface area contributed by atoms with Crippen molar-refractivity contribution in [2.45, 2.75) is 57.3 Å². The smallest absolute Gasteiger partial charge is 0.0940 e. The summed E-state index contributed by atoms with van der Waals surface area (Å²) in [5, 5.41) is 19.3. The van der Waals surface area contributed by atoms with E-state index in [2.05, 4.69) is 71.5 Å². The fraction of sp³-hybridized carbons (Fsp3) is 0.273. The molecule has 6 nitrogen and oxygen atoms in total. The van der Waals surface area contributed by atoms with Crippen LogP contribution in [0.1, 0.15) is 34.1 Å². The van der Waals surface area contributed by atoms with Gasteiger partial charge in [0.05, 0.1) is 45.6 Å². The fourth-order valence-corrected chi connectivity index (χ4v) is 5.99. The molecule has 3 aromatic carbocycles. The zero-order valence-corrected chi connectivity index (χ0v) is 22.9. The van der Waals surface area contributed by atoms with Crippen molar-refractivity contribution in [1.82, 2.24) is 14.9 Å². The maximum atomic E-state index is 11.4. The molecule has 3 aromatic rings. The minimum atomic E-state index is -0.637. The predicted molar refractivity (Wildman–Crippen MR) is 159 cm³/mol. The van der Waals surface area contributed by atoms with Gasteiger partial charge in [-0.15, -0.1) is 0 Å². The van der Waals surface area contributed by atoms with Crippen molar-refractivity contribution in [3.63, 3.8) is 0 Å². The molecule has 39 heavy (non-hydrogen) atoms. The number of hydrogen-bond donors (Lipinski definition) is 3. The first-order chi connectivity index (χ1) is 18.7. The van der Waals surface area contributed by atoms with E-state index in [1.165, 1.54) is 0 Å². The van der Waals surface area contributed by atoms with Crippen molar-refractivity contribution >= 4 is 22.4 Å². The maximum Gasteiger partial charge on any atom is 0.0940 e. The lowest BCUT2D eigenvalue weighted by molar-refractivity contribution is -0.00243. The van der Waals surface area contributed by atoms with Gasteiger partial charge in [-0.2, -0.15) is 0 Å². The molecule has 1 fully saturated rings. The maximum absolute atomic E-state index is 11.4. The zero-order chi connectivity index (χ0) is 27.2. The standard InChI is InChI=1S/C33H35N5O/c1-32(2)21-28(31(39)33(3,4)37-32)36-26-20-30-27(19-25(26)34-22-13-7-5-8-14-22)35-24-17-11-12-18-29(24)38(30)23-15-9-6-10-16-23/h5-20,28,31,34,37,39H,21H2,1-4H3.